The number of nitrogens with zero attached hydrogens (tertiary/aromatic N) is 3. The Balaban J connectivity index is 1.46. The summed E-state index contributed by atoms with van der Waals surface area (Å²) in [5, 5.41) is 8.73. The highest BCUT2D eigenvalue weighted by Gasteiger charge is 2.30. The molecule has 4 rings (SSSR count). The number of likely N-dealkylation sites (N-methyl/N-ethyl adjacent to an activating group) is 1. The first-order chi connectivity index (χ1) is 15.3. The van der Waals surface area contributed by atoms with Gasteiger partial charge in [0.15, 0.2) is 0 Å². The lowest BCUT2D eigenvalue weighted by atomic mass is 10.1. The van der Waals surface area contributed by atoms with E-state index in [0.29, 0.717) is 13.1 Å². The zero-order valence-corrected chi connectivity index (χ0v) is 18.4. The van der Waals surface area contributed by atoms with Gasteiger partial charge in [0, 0.05) is 44.5 Å². The average Bonchev–Trinajstić information content (AvgIpc) is 3.32. The quantitative estimate of drug-likeness (QED) is 0.515. The molecule has 2 aromatic rings. The van der Waals surface area contributed by atoms with Gasteiger partial charge >= 0.3 is 0 Å². The van der Waals surface area contributed by atoms with Crippen LogP contribution in [0.5, 0.6) is 0 Å². The lowest BCUT2D eigenvalue weighted by molar-refractivity contribution is -0.129. The van der Waals surface area contributed by atoms with Gasteiger partial charge in [-0.25, -0.2) is 13.9 Å². The molecule has 1 fully saturated rings. The smallest absolute Gasteiger partial charge is 0.271 e. The maximum absolute atomic E-state index is 12.9. The van der Waals surface area contributed by atoms with E-state index < -0.39 is 15.9 Å². The van der Waals surface area contributed by atoms with Gasteiger partial charge in [-0.1, -0.05) is 30.3 Å². The van der Waals surface area contributed by atoms with Gasteiger partial charge in [0.25, 0.3) is 5.91 Å². The summed E-state index contributed by atoms with van der Waals surface area (Å²) in [6, 6.07) is 14.4. The van der Waals surface area contributed by atoms with E-state index in [0.717, 1.165) is 23.4 Å². The minimum Gasteiger partial charge on any atom is -0.360 e. The summed E-state index contributed by atoms with van der Waals surface area (Å²) in [5.74, 6) is -0.614. The molecule has 0 unspecified atom stereocenters. The Labute approximate surface area is 186 Å². The highest BCUT2D eigenvalue weighted by atomic mass is 32.2. The summed E-state index contributed by atoms with van der Waals surface area (Å²) in [5.41, 5.74) is 4.50. The first kappa shape index (κ1) is 22.0. The Morgan fingerprint density at radius 1 is 0.969 bits per heavy atom. The fourth-order valence-electron chi connectivity index (χ4n) is 3.76. The Kier molecular flexibility index (Phi) is 6.00. The molecule has 0 aromatic heterocycles. The van der Waals surface area contributed by atoms with Crippen LogP contribution >= 0.6 is 0 Å². The summed E-state index contributed by atoms with van der Waals surface area (Å²) in [4.78, 5) is 27.3. The van der Waals surface area contributed by atoms with Crippen LogP contribution in [0.2, 0.25) is 0 Å². The maximum atomic E-state index is 12.9. The molecular weight excluding hydrogens is 432 g/mol. The predicted octanol–water partition coefficient (Wildman–Crippen LogP) is 1.07. The second-order valence-corrected chi connectivity index (χ2v) is 9.71. The fourth-order valence-corrected chi connectivity index (χ4v) is 5.12. The Bertz CT molecular complexity index is 1160. The van der Waals surface area contributed by atoms with Gasteiger partial charge in [-0.05, 0) is 35.4 Å². The number of hydrogen-bond acceptors (Lipinski definition) is 6. The molecule has 1 saturated heterocycles. The number of sulfonamides is 1. The van der Waals surface area contributed by atoms with Gasteiger partial charge in [-0.2, -0.15) is 4.31 Å². The lowest BCUT2D eigenvalue weighted by Crippen LogP contribution is -2.48. The number of hydroxylamine groups is 1. The fraction of sp³-hybridized carbons (Fsp3) is 0.273. The van der Waals surface area contributed by atoms with E-state index in [1.165, 1.54) is 15.9 Å². The highest BCUT2D eigenvalue weighted by molar-refractivity contribution is 7.89. The summed E-state index contributed by atoms with van der Waals surface area (Å²) in [7, 11) is -1.96. The first-order valence-electron chi connectivity index (χ1n) is 10.1. The molecule has 0 aliphatic carbocycles. The van der Waals surface area contributed by atoms with Crippen molar-refractivity contribution in [3.63, 3.8) is 0 Å². The molecule has 2 aliphatic rings. The summed E-state index contributed by atoms with van der Waals surface area (Å²) in [6.45, 7) is 1.81. The van der Waals surface area contributed by atoms with Crippen molar-refractivity contribution in [1.82, 2.24) is 14.7 Å². The first-order valence-corrected chi connectivity index (χ1v) is 11.6. The minimum absolute atomic E-state index is 0.0725. The van der Waals surface area contributed by atoms with E-state index in [-0.39, 0.29) is 29.5 Å². The average molecular weight is 457 g/mol. The molecule has 9 nitrogen and oxygen atoms in total. The zero-order chi connectivity index (χ0) is 22.9. The number of rotatable bonds is 5. The third-order valence-corrected chi connectivity index (χ3v) is 7.62. The van der Waals surface area contributed by atoms with E-state index in [2.05, 4.69) is 0 Å². The molecule has 32 heavy (non-hydrogen) atoms. The molecule has 10 heteroatoms. The van der Waals surface area contributed by atoms with Crippen LogP contribution in [0.15, 0.2) is 65.1 Å². The van der Waals surface area contributed by atoms with Crippen molar-refractivity contribution in [2.45, 2.75) is 4.90 Å². The molecule has 2 aromatic carbocycles. The molecule has 0 atom stereocenters. The van der Waals surface area contributed by atoms with Crippen LogP contribution in [0.25, 0.3) is 11.1 Å². The monoisotopic (exact) mass is 456 g/mol. The summed E-state index contributed by atoms with van der Waals surface area (Å²) >= 11 is 0. The second-order valence-electron chi connectivity index (χ2n) is 7.78. The predicted molar refractivity (Wildman–Crippen MR) is 118 cm³/mol. The molecule has 168 valence electrons. The standard InChI is InChI=1S/C22H24N4O5S/c1-24-12-13-25(15-21(24)27)19-6-2-16(3-7-19)17-4-8-20(9-5-17)32(30,31)26-11-10-18(14-26)22(28)23-29/h2-10,29H,11-15H2,1H3,(H,23,28). The van der Waals surface area contributed by atoms with E-state index in [9.17, 15) is 18.0 Å². The normalized spacial score (nSPS) is 17.4. The third kappa shape index (κ3) is 4.24. The van der Waals surface area contributed by atoms with Gasteiger partial charge in [0.2, 0.25) is 15.9 Å². The Morgan fingerprint density at radius 2 is 1.59 bits per heavy atom. The molecule has 2 amide bonds. The van der Waals surface area contributed by atoms with Crippen molar-refractivity contribution in [3.8, 4) is 11.1 Å². The van der Waals surface area contributed by atoms with E-state index in [1.807, 2.05) is 29.2 Å². The van der Waals surface area contributed by atoms with Crippen LogP contribution in [0, 0.1) is 0 Å². The number of amides is 2. The molecule has 0 bridgehead atoms. The molecule has 2 aliphatic heterocycles. The number of piperazine rings is 1. The van der Waals surface area contributed by atoms with E-state index in [1.54, 1.807) is 36.2 Å². The van der Waals surface area contributed by atoms with Gasteiger partial charge in [0.05, 0.1) is 11.4 Å². The Hall–Kier alpha value is -3.21. The van der Waals surface area contributed by atoms with Crippen LogP contribution in [-0.4, -0.2) is 74.4 Å². The number of carbonyl (C=O) groups excluding carboxylic acids is 2. The number of carbonyl (C=O) groups is 2. The molecule has 2 heterocycles. The van der Waals surface area contributed by atoms with Gasteiger partial charge in [0.1, 0.15) is 0 Å². The Morgan fingerprint density at radius 3 is 2.19 bits per heavy atom. The van der Waals surface area contributed by atoms with E-state index >= 15 is 0 Å². The van der Waals surface area contributed by atoms with Crippen LogP contribution in [0.1, 0.15) is 0 Å². The summed E-state index contributed by atoms with van der Waals surface area (Å²) < 4.78 is 26.9. The SMILES string of the molecule is CN1CCN(c2ccc(-c3ccc(S(=O)(=O)N4CC=C(C(=O)NO)C4)cc3)cc2)CC1=O. The third-order valence-electron chi connectivity index (χ3n) is 5.80. The van der Waals surface area contributed by atoms with Crippen molar-refractivity contribution in [2.24, 2.45) is 0 Å². The largest absolute Gasteiger partial charge is 0.360 e. The van der Waals surface area contributed by atoms with Gasteiger partial charge in [-0.3, -0.25) is 14.8 Å². The number of hydrogen-bond donors (Lipinski definition) is 2. The van der Waals surface area contributed by atoms with Crippen LogP contribution in [-0.2, 0) is 19.6 Å². The minimum atomic E-state index is -3.77. The van der Waals surface area contributed by atoms with Crippen molar-refractivity contribution < 1.29 is 23.2 Å². The lowest BCUT2D eigenvalue weighted by Gasteiger charge is -2.33. The van der Waals surface area contributed by atoms with Crippen LogP contribution in [0.3, 0.4) is 0 Å². The summed E-state index contributed by atoms with van der Waals surface area (Å²) in [6.07, 6.45) is 1.48. The van der Waals surface area contributed by atoms with Crippen LogP contribution < -0.4 is 10.4 Å². The van der Waals surface area contributed by atoms with Crippen molar-refractivity contribution in [1.29, 1.82) is 0 Å². The molecule has 0 saturated carbocycles. The highest BCUT2D eigenvalue weighted by Crippen LogP contribution is 2.27. The van der Waals surface area contributed by atoms with Crippen LogP contribution in [0.4, 0.5) is 5.69 Å². The van der Waals surface area contributed by atoms with Crippen molar-refractivity contribution in [2.75, 3.05) is 44.7 Å². The second kappa shape index (κ2) is 8.73. The van der Waals surface area contributed by atoms with E-state index in [4.69, 9.17) is 5.21 Å². The van der Waals surface area contributed by atoms with Gasteiger partial charge < -0.3 is 9.80 Å². The maximum Gasteiger partial charge on any atom is 0.271 e. The molecular formula is C22H24N4O5S. The number of benzene rings is 2. The van der Waals surface area contributed by atoms with Crippen molar-refractivity contribution >= 4 is 27.5 Å². The van der Waals surface area contributed by atoms with Crippen molar-refractivity contribution in [3.05, 3.63) is 60.2 Å². The molecule has 0 radical (unpaired) electrons. The topological polar surface area (TPSA) is 110 Å². The molecule has 0 spiro atoms. The zero-order valence-electron chi connectivity index (χ0n) is 17.6. The van der Waals surface area contributed by atoms with Gasteiger partial charge in [-0.15, -0.1) is 0 Å². The molecule has 2 N–H and O–H groups in total. The number of nitrogens with one attached hydrogen (secondary N) is 1. The number of anilines is 1.